The molecule has 134 valence electrons. The van der Waals surface area contributed by atoms with Gasteiger partial charge in [-0.2, -0.15) is 0 Å². The van der Waals surface area contributed by atoms with Gasteiger partial charge < -0.3 is 10.6 Å². The molecule has 0 bridgehead atoms. The molecular formula is C20H27IN4. The van der Waals surface area contributed by atoms with Crippen molar-refractivity contribution in [2.24, 2.45) is 4.99 Å². The molecule has 5 heteroatoms. The smallest absolute Gasteiger partial charge is 0.191 e. The zero-order chi connectivity index (χ0) is 16.6. The number of pyridine rings is 1. The van der Waals surface area contributed by atoms with E-state index in [1.165, 1.54) is 37.7 Å². The molecule has 1 aromatic heterocycles. The summed E-state index contributed by atoms with van der Waals surface area (Å²) >= 11 is 0. The van der Waals surface area contributed by atoms with E-state index in [1.807, 2.05) is 31.4 Å². The highest BCUT2D eigenvalue weighted by Crippen LogP contribution is 2.18. The van der Waals surface area contributed by atoms with Crippen LogP contribution in [-0.2, 0) is 6.54 Å². The zero-order valence-corrected chi connectivity index (χ0v) is 17.1. The maximum absolute atomic E-state index is 4.42. The van der Waals surface area contributed by atoms with Gasteiger partial charge in [0.1, 0.15) is 0 Å². The summed E-state index contributed by atoms with van der Waals surface area (Å²) < 4.78 is 0. The number of rotatable bonds is 4. The van der Waals surface area contributed by atoms with Gasteiger partial charge in [-0.15, -0.1) is 24.0 Å². The summed E-state index contributed by atoms with van der Waals surface area (Å²) in [4.78, 5) is 8.78. The SMILES string of the molecule is CN=C(NCc1cccc(-c2ccccn2)c1)NC1CCCCC1.I. The van der Waals surface area contributed by atoms with Crippen LogP contribution in [0.5, 0.6) is 0 Å². The Kier molecular flexibility index (Phi) is 8.18. The van der Waals surface area contributed by atoms with Gasteiger partial charge in [-0.3, -0.25) is 9.98 Å². The van der Waals surface area contributed by atoms with Gasteiger partial charge in [-0.05, 0) is 36.6 Å². The molecule has 0 spiro atoms. The van der Waals surface area contributed by atoms with Crippen molar-refractivity contribution in [2.75, 3.05) is 7.05 Å². The molecule has 0 amide bonds. The lowest BCUT2D eigenvalue weighted by Crippen LogP contribution is -2.43. The minimum atomic E-state index is 0. The largest absolute Gasteiger partial charge is 0.354 e. The fraction of sp³-hybridized carbons (Fsp3) is 0.400. The van der Waals surface area contributed by atoms with Crippen LogP contribution in [0.2, 0.25) is 0 Å². The van der Waals surface area contributed by atoms with E-state index in [0.717, 1.165) is 23.8 Å². The highest BCUT2D eigenvalue weighted by molar-refractivity contribution is 14.0. The summed E-state index contributed by atoms with van der Waals surface area (Å²) in [7, 11) is 1.84. The van der Waals surface area contributed by atoms with Crippen LogP contribution in [0.3, 0.4) is 0 Å². The second kappa shape index (κ2) is 10.4. The Morgan fingerprint density at radius 1 is 1.12 bits per heavy atom. The first-order valence-corrected chi connectivity index (χ1v) is 8.82. The number of nitrogens with one attached hydrogen (secondary N) is 2. The van der Waals surface area contributed by atoms with Crippen LogP contribution in [0.15, 0.2) is 53.7 Å². The fourth-order valence-corrected chi connectivity index (χ4v) is 3.19. The van der Waals surface area contributed by atoms with Gasteiger partial charge in [0.05, 0.1) is 5.69 Å². The lowest BCUT2D eigenvalue weighted by atomic mass is 9.96. The monoisotopic (exact) mass is 450 g/mol. The number of hydrogen-bond donors (Lipinski definition) is 2. The van der Waals surface area contributed by atoms with Crippen molar-refractivity contribution in [2.45, 2.75) is 44.7 Å². The Balaban J connectivity index is 0.00000225. The van der Waals surface area contributed by atoms with Crippen molar-refractivity contribution in [3.8, 4) is 11.3 Å². The topological polar surface area (TPSA) is 49.3 Å². The summed E-state index contributed by atoms with van der Waals surface area (Å²) in [6, 6.07) is 15.1. The van der Waals surface area contributed by atoms with E-state index in [-0.39, 0.29) is 24.0 Å². The van der Waals surface area contributed by atoms with Gasteiger partial charge in [0, 0.05) is 31.4 Å². The number of hydrogen-bond acceptors (Lipinski definition) is 2. The lowest BCUT2D eigenvalue weighted by molar-refractivity contribution is 0.410. The van der Waals surface area contributed by atoms with Crippen molar-refractivity contribution in [3.05, 3.63) is 54.2 Å². The molecule has 1 heterocycles. The van der Waals surface area contributed by atoms with Gasteiger partial charge >= 0.3 is 0 Å². The van der Waals surface area contributed by atoms with Gasteiger partial charge in [0.15, 0.2) is 5.96 Å². The fourth-order valence-electron chi connectivity index (χ4n) is 3.19. The molecule has 4 nitrogen and oxygen atoms in total. The second-order valence-electron chi connectivity index (χ2n) is 6.32. The molecule has 1 aliphatic carbocycles. The number of benzene rings is 1. The van der Waals surface area contributed by atoms with Crippen molar-refractivity contribution in [1.82, 2.24) is 15.6 Å². The Morgan fingerprint density at radius 3 is 2.68 bits per heavy atom. The summed E-state index contributed by atoms with van der Waals surface area (Å²) in [5, 5.41) is 6.98. The number of halogens is 1. The zero-order valence-electron chi connectivity index (χ0n) is 14.7. The van der Waals surface area contributed by atoms with Gasteiger partial charge in [-0.25, -0.2) is 0 Å². The molecule has 3 rings (SSSR count). The molecule has 0 atom stereocenters. The quantitative estimate of drug-likeness (QED) is 0.414. The summed E-state index contributed by atoms with van der Waals surface area (Å²) in [5.41, 5.74) is 3.37. The maximum Gasteiger partial charge on any atom is 0.191 e. The van der Waals surface area contributed by atoms with E-state index in [9.17, 15) is 0 Å². The third-order valence-electron chi connectivity index (χ3n) is 4.52. The van der Waals surface area contributed by atoms with E-state index in [4.69, 9.17) is 0 Å². The third-order valence-corrected chi connectivity index (χ3v) is 4.52. The molecule has 25 heavy (non-hydrogen) atoms. The van der Waals surface area contributed by atoms with Crippen molar-refractivity contribution < 1.29 is 0 Å². The van der Waals surface area contributed by atoms with Crippen LogP contribution < -0.4 is 10.6 Å². The Labute approximate surface area is 167 Å². The minimum absolute atomic E-state index is 0. The Morgan fingerprint density at radius 2 is 1.96 bits per heavy atom. The van der Waals surface area contributed by atoms with Crippen molar-refractivity contribution in [3.63, 3.8) is 0 Å². The lowest BCUT2D eigenvalue weighted by Gasteiger charge is -2.24. The molecule has 2 aromatic rings. The van der Waals surface area contributed by atoms with E-state index in [1.54, 1.807) is 0 Å². The second-order valence-corrected chi connectivity index (χ2v) is 6.32. The highest BCUT2D eigenvalue weighted by atomic mass is 127. The molecule has 0 unspecified atom stereocenters. The number of aromatic nitrogens is 1. The highest BCUT2D eigenvalue weighted by Gasteiger charge is 2.14. The number of aliphatic imine (C=N–C) groups is 1. The molecule has 1 aliphatic rings. The molecular weight excluding hydrogens is 423 g/mol. The van der Waals surface area contributed by atoms with Crippen LogP contribution in [0.1, 0.15) is 37.7 Å². The summed E-state index contributed by atoms with van der Waals surface area (Å²) in [6.45, 7) is 0.757. The van der Waals surface area contributed by atoms with Gasteiger partial charge in [0.2, 0.25) is 0 Å². The molecule has 0 saturated heterocycles. The summed E-state index contributed by atoms with van der Waals surface area (Å²) in [5.74, 6) is 0.894. The molecule has 2 N–H and O–H groups in total. The van der Waals surface area contributed by atoms with E-state index >= 15 is 0 Å². The first kappa shape index (κ1) is 19.7. The third kappa shape index (κ3) is 5.99. The van der Waals surface area contributed by atoms with Gasteiger partial charge in [0.25, 0.3) is 0 Å². The average molecular weight is 450 g/mol. The van der Waals surface area contributed by atoms with E-state index in [0.29, 0.717) is 6.04 Å². The molecule has 1 aromatic carbocycles. The van der Waals surface area contributed by atoms with Crippen molar-refractivity contribution in [1.29, 1.82) is 0 Å². The predicted molar refractivity (Wildman–Crippen MR) is 115 cm³/mol. The molecule has 0 aliphatic heterocycles. The van der Waals surface area contributed by atoms with Crippen LogP contribution in [0.4, 0.5) is 0 Å². The first-order valence-electron chi connectivity index (χ1n) is 8.82. The first-order chi connectivity index (χ1) is 11.8. The summed E-state index contributed by atoms with van der Waals surface area (Å²) in [6.07, 6.45) is 8.33. The average Bonchev–Trinajstić information content (AvgIpc) is 2.67. The predicted octanol–water partition coefficient (Wildman–Crippen LogP) is 4.36. The Hall–Kier alpha value is -1.63. The molecule has 0 radical (unpaired) electrons. The van der Waals surface area contributed by atoms with Crippen LogP contribution >= 0.6 is 24.0 Å². The Bertz CT molecular complexity index is 666. The minimum Gasteiger partial charge on any atom is -0.354 e. The van der Waals surface area contributed by atoms with Gasteiger partial charge in [-0.1, -0.05) is 43.5 Å². The van der Waals surface area contributed by atoms with Crippen molar-refractivity contribution >= 4 is 29.9 Å². The number of guanidine groups is 1. The molecule has 1 saturated carbocycles. The van der Waals surface area contributed by atoms with Crippen LogP contribution in [-0.4, -0.2) is 24.0 Å². The number of nitrogens with zero attached hydrogens (tertiary/aromatic N) is 2. The standard InChI is InChI=1S/C20H26N4.HI/c1-21-20(24-18-10-3-2-4-11-18)23-15-16-8-7-9-17(14-16)19-12-5-6-13-22-19;/h5-9,12-14,18H,2-4,10-11,15H2,1H3,(H2,21,23,24);1H. The van der Waals surface area contributed by atoms with Crippen LogP contribution in [0, 0.1) is 0 Å². The van der Waals surface area contributed by atoms with E-state index in [2.05, 4.69) is 44.9 Å². The normalized spacial score (nSPS) is 15.3. The molecule has 1 fully saturated rings. The van der Waals surface area contributed by atoms with Crippen LogP contribution in [0.25, 0.3) is 11.3 Å². The maximum atomic E-state index is 4.42. The van der Waals surface area contributed by atoms with E-state index < -0.39 is 0 Å².